The van der Waals surface area contributed by atoms with Gasteiger partial charge in [-0.25, -0.2) is 17.9 Å². The SMILES string of the molecule is O=C(OCc1nc(-c2ccccc2)no1)c1cccc(S(=O)(=O)NCc2ccccc2)c1. The summed E-state index contributed by atoms with van der Waals surface area (Å²) in [5, 5.41) is 3.86. The molecular formula is C23H19N3O5S. The summed E-state index contributed by atoms with van der Waals surface area (Å²) < 4.78 is 38.0. The number of sulfonamides is 1. The fraction of sp³-hybridized carbons (Fsp3) is 0.0870. The topological polar surface area (TPSA) is 111 Å². The Bertz CT molecular complexity index is 1310. The minimum atomic E-state index is -3.81. The van der Waals surface area contributed by atoms with E-state index in [-0.39, 0.29) is 29.5 Å². The second-order valence-corrected chi connectivity index (χ2v) is 8.56. The van der Waals surface area contributed by atoms with Crippen LogP contribution < -0.4 is 4.72 Å². The van der Waals surface area contributed by atoms with E-state index in [0.29, 0.717) is 5.82 Å². The zero-order valence-electron chi connectivity index (χ0n) is 16.8. The third kappa shape index (κ3) is 5.26. The maximum Gasteiger partial charge on any atom is 0.338 e. The van der Waals surface area contributed by atoms with Crippen LogP contribution in [0.3, 0.4) is 0 Å². The van der Waals surface area contributed by atoms with Crippen LogP contribution in [0.4, 0.5) is 0 Å². The van der Waals surface area contributed by atoms with Crippen LogP contribution in [0.25, 0.3) is 11.4 Å². The lowest BCUT2D eigenvalue weighted by molar-refractivity contribution is 0.0429. The van der Waals surface area contributed by atoms with Gasteiger partial charge in [0, 0.05) is 12.1 Å². The maximum absolute atomic E-state index is 12.6. The van der Waals surface area contributed by atoms with Crippen molar-refractivity contribution < 1.29 is 22.5 Å². The van der Waals surface area contributed by atoms with Crippen molar-refractivity contribution in [3.63, 3.8) is 0 Å². The van der Waals surface area contributed by atoms with Crippen LogP contribution >= 0.6 is 0 Å². The van der Waals surface area contributed by atoms with E-state index < -0.39 is 16.0 Å². The Kier molecular flexibility index (Phi) is 6.39. The molecule has 9 heteroatoms. The van der Waals surface area contributed by atoms with Crippen molar-refractivity contribution >= 4 is 16.0 Å². The number of nitrogens with zero attached hydrogens (tertiary/aromatic N) is 2. The molecule has 8 nitrogen and oxygen atoms in total. The first-order valence-corrected chi connectivity index (χ1v) is 11.2. The molecule has 4 rings (SSSR count). The first-order chi connectivity index (χ1) is 15.5. The van der Waals surface area contributed by atoms with E-state index in [1.807, 2.05) is 60.7 Å². The Morgan fingerprint density at radius 2 is 1.66 bits per heavy atom. The fourth-order valence-electron chi connectivity index (χ4n) is 2.88. The number of ether oxygens (including phenoxy) is 1. The van der Waals surface area contributed by atoms with E-state index in [1.54, 1.807) is 0 Å². The summed E-state index contributed by atoms with van der Waals surface area (Å²) in [5.41, 5.74) is 1.69. The lowest BCUT2D eigenvalue weighted by Gasteiger charge is -2.08. The molecule has 0 aliphatic heterocycles. The molecule has 0 bridgehead atoms. The molecule has 162 valence electrons. The Balaban J connectivity index is 1.39. The van der Waals surface area contributed by atoms with Crippen molar-refractivity contribution in [3.05, 3.63) is 102 Å². The first kappa shape index (κ1) is 21.4. The summed E-state index contributed by atoms with van der Waals surface area (Å²) >= 11 is 0. The molecule has 0 atom stereocenters. The molecule has 0 fully saturated rings. The summed E-state index contributed by atoms with van der Waals surface area (Å²) in [4.78, 5) is 16.6. The molecule has 0 aliphatic rings. The highest BCUT2D eigenvalue weighted by Crippen LogP contribution is 2.17. The number of hydrogen-bond donors (Lipinski definition) is 1. The van der Waals surface area contributed by atoms with Crippen molar-refractivity contribution in [1.29, 1.82) is 0 Å². The van der Waals surface area contributed by atoms with Crippen LogP contribution in [0.15, 0.2) is 94.3 Å². The molecule has 32 heavy (non-hydrogen) atoms. The lowest BCUT2D eigenvalue weighted by atomic mass is 10.2. The molecule has 0 saturated carbocycles. The van der Waals surface area contributed by atoms with Gasteiger partial charge in [0.25, 0.3) is 5.89 Å². The van der Waals surface area contributed by atoms with E-state index in [4.69, 9.17) is 9.26 Å². The molecule has 1 aromatic heterocycles. The molecule has 4 aromatic rings. The monoisotopic (exact) mass is 449 g/mol. The average molecular weight is 449 g/mol. The van der Waals surface area contributed by atoms with Gasteiger partial charge in [0.05, 0.1) is 10.5 Å². The van der Waals surface area contributed by atoms with E-state index in [0.717, 1.165) is 11.1 Å². The minimum absolute atomic E-state index is 0.0352. The van der Waals surface area contributed by atoms with E-state index in [1.165, 1.54) is 24.3 Å². The number of rotatable bonds is 8. The predicted octanol–water partition coefficient (Wildman–Crippen LogP) is 3.57. The number of nitrogens with one attached hydrogen (secondary N) is 1. The molecule has 1 heterocycles. The van der Waals surface area contributed by atoms with Crippen molar-refractivity contribution in [2.45, 2.75) is 18.0 Å². The van der Waals surface area contributed by atoms with Crippen LogP contribution in [0, 0.1) is 0 Å². The number of benzene rings is 3. The number of aromatic nitrogens is 2. The van der Waals surface area contributed by atoms with Gasteiger partial charge in [0.2, 0.25) is 15.8 Å². The Labute approximate surface area is 184 Å². The fourth-order valence-corrected chi connectivity index (χ4v) is 3.94. The van der Waals surface area contributed by atoms with Crippen LogP contribution in [0.2, 0.25) is 0 Å². The number of esters is 1. The Hall–Kier alpha value is -3.82. The zero-order chi connectivity index (χ0) is 22.4. The largest absolute Gasteiger partial charge is 0.452 e. The zero-order valence-corrected chi connectivity index (χ0v) is 17.7. The average Bonchev–Trinajstić information content (AvgIpc) is 3.32. The summed E-state index contributed by atoms with van der Waals surface area (Å²) in [5.74, 6) is -0.190. The van der Waals surface area contributed by atoms with Crippen molar-refractivity contribution in [2.24, 2.45) is 0 Å². The van der Waals surface area contributed by atoms with E-state index in [2.05, 4.69) is 14.9 Å². The van der Waals surface area contributed by atoms with Gasteiger partial charge in [0.15, 0.2) is 6.61 Å². The van der Waals surface area contributed by atoms with E-state index in [9.17, 15) is 13.2 Å². The number of carbonyl (C=O) groups excluding carboxylic acids is 1. The van der Waals surface area contributed by atoms with Gasteiger partial charge in [-0.1, -0.05) is 71.9 Å². The molecule has 0 amide bonds. The molecule has 3 aromatic carbocycles. The molecule has 0 unspecified atom stereocenters. The van der Waals surface area contributed by atoms with Gasteiger partial charge in [-0.3, -0.25) is 0 Å². The molecular weight excluding hydrogens is 430 g/mol. The second kappa shape index (κ2) is 9.54. The van der Waals surface area contributed by atoms with E-state index >= 15 is 0 Å². The quantitative estimate of drug-likeness (QED) is 0.409. The summed E-state index contributed by atoms with van der Waals surface area (Å²) in [6.07, 6.45) is 0. The normalized spacial score (nSPS) is 11.2. The summed E-state index contributed by atoms with van der Waals surface area (Å²) in [6, 6.07) is 24.0. The van der Waals surface area contributed by atoms with Crippen LogP contribution in [-0.2, 0) is 27.9 Å². The van der Waals surface area contributed by atoms with Gasteiger partial charge in [-0.05, 0) is 23.8 Å². The van der Waals surface area contributed by atoms with Gasteiger partial charge in [-0.15, -0.1) is 0 Å². The molecule has 0 spiro atoms. The van der Waals surface area contributed by atoms with Crippen molar-refractivity contribution in [2.75, 3.05) is 0 Å². The number of carbonyl (C=O) groups is 1. The smallest absolute Gasteiger partial charge is 0.338 e. The van der Waals surface area contributed by atoms with Crippen LogP contribution in [0.1, 0.15) is 21.8 Å². The second-order valence-electron chi connectivity index (χ2n) is 6.79. The summed E-state index contributed by atoms with van der Waals surface area (Å²) in [6.45, 7) is -0.0966. The molecule has 1 N–H and O–H groups in total. The Morgan fingerprint density at radius 1 is 0.938 bits per heavy atom. The molecule has 0 aliphatic carbocycles. The summed E-state index contributed by atoms with van der Waals surface area (Å²) in [7, 11) is -3.81. The third-order valence-electron chi connectivity index (χ3n) is 4.52. The predicted molar refractivity (Wildman–Crippen MR) is 116 cm³/mol. The maximum atomic E-state index is 12.6. The number of hydrogen-bond acceptors (Lipinski definition) is 7. The standard InChI is InChI=1S/C23H19N3O5S/c27-23(30-16-21-25-22(26-31-21)18-10-5-2-6-11-18)19-12-7-13-20(14-19)32(28,29)24-15-17-8-3-1-4-9-17/h1-14,24H,15-16H2. The highest BCUT2D eigenvalue weighted by molar-refractivity contribution is 7.89. The van der Waals surface area contributed by atoms with Gasteiger partial charge in [-0.2, -0.15) is 4.98 Å². The molecule has 0 saturated heterocycles. The van der Waals surface area contributed by atoms with Gasteiger partial charge in [0.1, 0.15) is 0 Å². The Morgan fingerprint density at radius 3 is 2.41 bits per heavy atom. The highest BCUT2D eigenvalue weighted by atomic mass is 32.2. The van der Waals surface area contributed by atoms with Crippen LogP contribution in [0.5, 0.6) is 0 Å². The van der Waals surface area contributed by atoms with Crippen molar-refractivity contribution in [3.8, 4) is 11.4 Å². The first-order valence-electron chi connectivity index (χ1n) is 9.70. The lowest BCUT2D eigenvalue weighted by Crippen LogP contribution is -2.23. The highest BCUT2D eigenvalue weighted by Gasteiger charge is 2.18. The van der Waals surface area contributed by atoms with Gasteiger partial charge >= 0.3 is 5.97 Å². The van der Waals surface area contributed by atoms with Crippen LogP contribution in [-0.4, -0.2) is 24.5 Å². The molecule has 0 radical (unpaired) electrons. The minimum Gasteiger partial charge on any atom is -0.452 e. The van der Waals surface area contributed by atoms with Gasteiger partial charge < -0.3 is 9.26 Å². The third-order valence-corrected chi connectivity index (χ3v) is 5.91. The van der Waals surface area contributed by atoms with Crippen molar-refractivity contribution in [1.82, 2.24) is 14.9 Å².